The van der Waals surface area contributed by atoms with E-state index >= 15 is 0 Å². The fraction of sp³-hybridized carbons (Fsp3) is 0.185. The van der Waals surface area contributed by atoms with Crippen molar-refractivity contribution in [2.24, 2.45) is 0 Å². The first-order chi connectivity index (χ1) is 15.2. The number of hydrogen-bond acceptors (Lipinski definition) is 2. The lowest BCUT2D eigenvalue weighted by molar-refractivity contribution is -0.929. The van der Waals surface area contributed by atoms with Crippen LogP contribution in [0.3, 0.4) is 0 Å². The van der Waals surface area contributed by atoms with E-state index in [1.807, 2.05) is 23.1 Å². The van der Waals surface area contributed by atoms with Crippen LogP contribution in [0.5, 0.6) is 0 Å². The Kier molecular flexibility index (Phi) is 6.56. The molecule has 1 aliphatic heterocycles. The van der Waals surface area contributed by atoms with Crippen molar-refractivity contribution >= 4 is 12.0 Å². The van der Waals surface area contributed by atoms with Crippen molar-refractivity contribution in [2.45, 2.75) is 6.04 Å². The molecule has 154 valence electrons. The number of rotatable bonds is 5. The van der Waals surface area contributed by atoms with Crippen molar-refractivity contribution in [2.75, 3.05) is 26.2 Å². The minimum Gasteiger partial charge on any atom is -0.328 e. The van der Waals surface area contributed by atoms with Crippen LogP contribution in [-0.2, 0) is 4.79 Å². The van der Waals surface area contributed by atoms with Gasteiger partial charge in [0.05, 0.1) is 37.8 Å². The van der Waals surface area contributed by atoms with Crippen LogP contribution in [0.4, 0.5) is 0 Å². The summed E-state index contributed by atoms with van der Waals surface area (Å²) in [6, 6.07) is 30.9. The number of nitriles is 1. The van der Waals surface area contributed by atoms with E-state index in [0.717, 1.165) is 31.7 Å². The summed E-state index contributed by atoms with van der Waals surface area (Å²) < 4.78 is 0. The summed E-state index contributed by atoms with van der Waals surface area (Å²) in [5.41, 5.74) is 4.16. The predicted octanol–water partition coefficient (Wildman–Crippen LogP) is 3.09. The van der Waals surface area contributed by atoms with Crippen molar-refractivity contribution in [3.8, 4) is 6.07 Å². The Hall–Kier alpha value is -3.68. The molecule has 0 atom stereocenters. The van der Waals surface area contributed by atoms with Crippen LogP contribution in [0.25, 0.3) is 6.08 Å². The predicted molar refractivity (Wildman–Crippen MR) is 122 cm³/mol. The van der Waals surface area contributed by atoms with Crippen molar-refractivity contribution in [1.82, 2.24) is 4.90 Å². The van der Waals surface area contributed by atoms with Gasteiger partial charge in [-0.25, -0.2) is 0 Å². The van der Waals surface area contributed by atoms with Gasteiger partial charge in [0.25, 0.3) is 0 Å². The number of hydrogen-bond donors (Lipinski definition) is 1. The maximum atomic E-state index is 12.7. The molecule has 1 aliphatic rings. The number of quaternary nitrogens is 1. The van der Waals surface area contributed by atoms with Crippen LogP contribution < -0.4 is 4.90 Å². The zero-order valence-electron chi connectivity index (χ0n) is 17.4. The third-order valence-corrected chi connectivity index (χ3v) is 5.85. The standard InChI is InChI=1S/C27H25N3O/c28-21-23-13-11-22(12-14-23)15-16-26(31)29-17-19-30(20-18-29)27(24-7-3-1-4-8-24)25-9-5-2-6-10-25/h1-16,27H,17-20H2/p+1/b16-15+. The minimum absolute atomic E-state index is 0.0411. The van der Waals surface area contributed by atoms with Gasteiger partial charge in [-0.2, -0.15) is 5.26 Å². The zero-order valence-corrected chi connectivity index (χ0v) is 17.4. The highest BCUT2D eigenvalue weighted by atomic mass is 16.2. The van der Waals surface area contributed by atoms with Crippen LogP contribution in [-0.4, -0.2) is 37.0 Å². The van der Waals surface area contributed by atoms with Crippen molar-refractivity contribution in [1.29, 1.82) is 5.26 Å². The average molecular weight is 409 g/mol. The highest BCUT2D eigenvalue weighted by Crippen LogP contribution is 2.19. The fourth-order valence-corrected chi connectivity index (χ4v) is 4.20. The molecule has 1 amide bonds. The van der Waals surface area contributed by atoms with E-state index in [4.69, 9.17) is 5.26 Å². The molecule has 4 rings (SSSR count). The Balaban J connectivity index is 1.42. The molecule has 3 aromatic rings. The van der Waals surface area contributed by atoms with Gasteiger partial charge in [-0.1, -0.05) is 72.8 Å². The van der Waals surface area contributed by atoms with E-state index in [1.165, 1.54) is 16.0 Å². The Morgan fingerprint density at radius 2 is 1.42 bits per heavy atom. The van der Waals surface area contributed by atoms with Crippen molar-refractivity contribution in [3.05, 3.63) is 113 Å². The molecule has 1 N–H and O–H groups in total. The minimum atomic E-state index is 0.0411. The van der Waals surface area contributed by atoms with Gasteiger partial charge in [-0.05, 0) is 23.8 Å². The molecule has 31 heavy (non-hydrogen) atoms. The summed E-state index contributed by atoms with van der Waals surface area (Å²) in [5, 5.41) is 8.89. The lowest BCUT2D eigenvalue weighted by Gasteiger charge is -2.36. The molecule has 0 aromatic heterocycles. The summed E-state index contributed by atoms with van der Waals surface area (Å²) in [4.78, 5) is 16.1. The van der Waals surface area contributed by atoms with Crippen LogP contribution in [0.1, 0.15) is 28.3 Å². The Labute approximate surface area is 183 Å². The second-order valence-corrected chi connectivity index (χ2v) is 7.81. The van der Waals surface area contributed by atoms with Gasteiger partial charge in [0.2, 0.25) is 5.91 Å². The van der Waals surface area contributed by atoms with Crippen molar-refractivity contribution in [3.63, 3.8) is 0 Å². The van der Waals surface area contributed by atoms with E-state index in [1.54, 1.807) is 18.2 Å². The number of nitrogens with one attached hydrogen (secondary N) is 1. The Morgan fingerprint density at radius 1 is 0.871 bits per heavy atom. The monoisotopic (exact) mass is 408 g/mol. The first-order valence-electron chi connectivity index (χ1n) is 10.7. The van der Waals surface area contributed by atoms with Gasteiger partial charge in [0.15, 0.2) is 0 Å². The van der Waals surface area contributed by atoms with Crippen molar-refractivity contribution < 1.29 is 9.69 Å². The average Bonchev–Trinajstić information content (AvgIpc) is 2.85. The highest BCUT2D eigenvalue weighted by Gasteiger charge is 2.30. The van der Waals surface area contributed by atoms with Gasteiger partial charge in [0, 0.05) is 17.2 Å². The third kappa shape index (κ3) is 5.09. The quantitative estimate of drug-likeness (QED) is 0.660. The first kappa shape index (κ1) is 20.6. The largest absolute Gasteiger partial charge is 0.328 e. The summed E-state index contributed by atoms with van der Waals surface area (Å²) in [6.45, 7) is 3.29. The second kappa shape index (κ2) is 9.88. The molecule has 1 saturated heterocycles. The van der Waals surface area contributed by atoms with Crippen LogP contribution in [0.2, 0.25) is 0 Å². The van der Waals surface area contributed by atoms with E-state index in [-0.39, 0.29) is 11.9 Å². The maximum absolute atomic E-state index is 12.7. The third-order valence-electron chi connectivity index (χ3n) is 5.85. The van der Waals surface area contributed by atoms with E-state index in [2.05, 4.69) is 66.7 Å². The van der Waals surface area contributed by atoms with Gasteiger partial charge in [-0.3, -0.25) is 4.79 Å². The molecule has 0 saturated carbocycles. The number of nitrogens with zero attached hydrogens (tertiary/aromatic N) is 2. The SMILES string of the molecule is N#Cc1ccc(/C=C/C(=O)N2CC[NH+](C(c3ccccc3)c3ccccc3)CC2)cc1. The smallest absolute Gasteiger partial charge is 0.246 e. The molecule has 4 heteroatoms. The van der Waals surface area contributed by atoms with E-state index < -0.39 is 0 Å². The normalized spacial score (nSPS) is 14.6. The summed E-state index contributed by atoms with van der Waals surface area (Å²) in [5.74, 6) is 0.0411. The van der Waals surface area contributed by atoms with Crippen LogP contribution in [0, 0.1) is 11.3 Å². The number of piperazine rings is 1. The van der Waals surface area contributed by atoms with Gasteiger partial charge < -0.3 is 9.80 Å². The lowest BCUT2D eigenvalue weighted by Crippen LogP contribution is -3.15. The van der Waals surface area contributed by atoms with Gasteiger partial charge in [0.1, 0.15) is 6.04 Å². The summed E-state index contributed by atoms with van der Waals surface area (Å²) in [7, 11) is 0. The molecular weight excluding hydrogens is 382 g/mol. The Morgan fingerprint density at radius 3 is 1.94 bits per heavy atom. The van der Waals surface area contributed by atoms with E-state index in [9.17, 15) is 4.79 Å². The summed E-state index contributed by atoms with van der Waals surface area (Å²) >= 11 is 0. The Bertz CT molecular complexity index is 1020. The molecule has 0 unspecified atom stereocenters. The zero-order chi connectivity index (χ0) is 21.5. The lowest BCUT2D eigenvalue weighted by atomic mass is 9.96. The van der Waals surface area contributed by atoms with E-state index in [0.29, 0.717) is 5.56 Å². The van der Waals surface area contributed by atoms with Gasteiger partial charge in [-0.15, -0.1) is 0 Å². The number of amides is 1. The molecule has 3 aromatic carbocycles. The first-order valence-corrected chi connectivity index (χ1v) is 10.7. The van der Waals surface area contributed by atoms with Crippen LogP contribution in [0.15, 0.2) is 91.0 Å². The van der Waals surface area contributed by atoms with Crippen LogP contribution >= 0.6 is 0 Å². The molecule has 1 heterocycles. The fourth-order valence-electron chi connectivity index (χ4n) is 4.20. The molecule has 0 radical (unpaired) electrons. The molecular formula is C27H26N3O+. The molecule has 1 fully saturated rings. The molecule has 4 nitrogen and oxygen atoms in total. The molecule has 0 aliphatic carbocycles. The molecule has 0 bridgehead atoms. The summed E-state index contributed by atoms with van der Waals surface area (Å²) in [6.07, 6.45) is 3.46. The highest BCUT2D eigenvalue weighted by molar-refractivity contribution is 5.91. The molecule has 0 spiro atoms. The number of carbonyl (C=O) groups excluding carboxylic acids is 1. The number of benzene rings is 3. The van der Waals surface area contributed by atoms with Gasteiger partial charge >= 0.3 is 0 Å². The topological polar surface area (TPSA) is 48.5 Å². The maximum Gasteiger partial charge on any atom is 0.246 e. The number of carbonyl (C=O) groups is 1. The second-order valence-electron chi connectivity index (χ2n) is 7.81.